The highest BCUT2D eigenvalue weighted by Gasteiger charge is 2.21. The molecule has 0 spiro atoms. The van der Waals surface area contributed by atoms with Crippen molar-refractivity contribution in [1.82, 2.24) is 20.2 Å². The van der Waals surface area contributed by atoms with Gasteiger partial charge in [0.15, 0.2) is 0 Å². The molecule has 3 rings (SSSR count). The molecule has 1 fully saturated rings. The molecule has 106 valence electrons. The van der Waals surface area contributed by atoms with Gasteiger partial charge in [-0.2, -0.15) is 0 Å². The average Bonchev–Trinajstić information content (AvgIpc) is 3.04. The average molecular weight is 272 g/mol. The number of hydrogen-bond acceptors (Lipinski definition) is 3. The van der Waals surface area contributed by atoms with Crippen molar-refractivity contribution < 1.29 is 4.79 Å². The van der Waals surface area contributed by atoms with Crippen LogP contribution in [0.5, 0.6) is 0 Å². The molecule has 1 saturated heterocycles. The number of likely N-dealkylation sites (tertiary alicyclic amines) is 1. The van der Waals surface area contributed by atoms with Gasteiger partial charge in [0.1, 0.15) is 5.65 Å². The molecule has 1 amide bonds. The van der Waals surface area contributed by atoms with Crippen LogP contribution in [0.2, 0.25) is 0 Å². The number of pyridine rings is 1. The predicted molar refractivity (Wildman–Crippen MR) is 78.2 cm³/mol. The van der Waals surface area contributed by atoms with Crippen LogP contribution in [0, 0.1) is 0 Å². The van der Waals surface area contributed by atoms with E-state index in [1.807, 2.05) is 17.2 Å². The van der Waals surface area contributed by atoms with Gasteiger partial charge < -0.3 is 15.2 Å². The van der Waals surface area contributed by atoms with Gasteiger partial charge in [-0.05, 0) is 31.0 Å². The van der Waals surface area contributed by atoms with Crippen LogP contribution in [0.4, 0.5) is 0 Å². The van der Waals surface area contributed by atoms with E-state index in [0.717, 1.165) is 37.1 Å². The Morgan fingerprint density at radius 2 is 2.45 bits per heavy atom. The molecular formula is C15H20N4O. The maximum absolute atomic E-state index is 11.6. The molecule has 0 aliphatic carbocycles. The van der Waals surface area contributed by atoms with Gasteiger partial charge in [0.2, 0.25) is 5.91 Å². The monoisotopic (exact) mass is 272 g/mol. The summed E-state index contributed by atoms with van der Waals surface area (Å²) in [5.41, 5.74) is 2.14. The summed E-state index contributed by atoms with van der Waals surface area (Å²) in [6.07, 6.45) is 5.50. The second-order valence-electron chi connectivity index (χ2n) is 5.44. The van der Waals surface area contributed by atoms with E-state index in [9.17, 15) is 4.79 Å². The second kappa shape index (κ2) is 5.63. The standard InChI is InChI=1S/C15H20N4O/c1-11(10-19-7-3-5-14(19)20)17-8-12-9-18-15-13(12)4-2-6-16-15/h2,4,6,9,11,17H,3,5,7-8,10H2,1H3,(H,16,18). The summed E-state index contributed by atoms with van der Waals surface area (Å²) in [5.74, 6) is 0.287. The van der Waals surface area contributed by atoms with Gasteiger partial charge >= 0.3 is 0 Å². The molecule has 5 nitrogen and oxygen atoms in total. The second-order valence-corrected chi connectivity index (χ2v) is 5.44. The molecule has 1 aliphatic heterocycles. The number of nitrogens with one attached hydrogen (secondary N) is 2. The highest BCUT2D eigenvalue weighted by Crippen LogP contribution is 2.15. The van der Waals surface area contributed by atoms with Crippen molar-refractivity contribution in [2.75, 3.05) is 13.1 Å². The van der Waals surface area contributed by atoms with Crippen LogP contribution in [0.15, 0.2) is 24.5 Å². The summed E-state index contributed by atoms with van der Waals surface area (Å²) in [6, 6.07) is 4.31. The van der Waals surface area contributed by atoms with Crippen LogP contribution in [0.3, 0.4) is 0 Å². The normalized spacial score (nSPS) is 17.1. The number of hydrogen-bond donors (Lipinski definition) is 2. The van der Waals surface area contributed by atoms with Crippen molar-refractivity contribution in [3.63, 3.8) is 0 Å². The number of aromatic nitrogens is 2. The third-order valence-electron chi connectivity index (χ3n) is 3.84. The molecule has 2 aromatic rings. The van der Waals surface area contributed by atoms with Gasteiger partial charge in [-0.1, -0.05) is 0 Å². The number of rotatable bonds is 5. The van der Waals surface area contributed by atoms with Gasteiger partial charge in [0, 0.05) is 49.9 Å². The third-order valence-corrected chi connectivity index (χ3v) is 3.84. The molecule has 0 saturated carbocycles. The number of amides is 1. The van der Waals surface area contributed by atoms with Crippen LogP contribution < -0.4 is 5.32 Å². The van der Waals surface area contributed by atoms with E-state index in [1.54, 1.807) is 6.20 Å². The van der Waals surface area contributed by atoms with Crippen LogP contribution in [-0.2, 0) is 11.3 Å². The van der Waals surface area contributed by atoms with Gasteiger partial charge in [0.25, 0.3) is 0 Å². The minimum absolute atomic E-state index is 0.287. The Labute approximate surface area is 118 Å². The van der Waals surface area contributed by atoms with E-state index in [1.165, 1.54) is 5.56 Å². The fraction of sp³-hybridized carbons (Fsp3) is 0.467. The van der Waals surface area contributed by atoms with Gasteiger partial charge in [-0.15, -0.1) is 0 Å². The van der Waals surface area contributed by atoms with Crippen molar-refractivity contribution in [1.29, 1.82) is 0 Å². The number of carbonyl (C=O) groups is 1. The molecule has 1 unspecified atom stereocenters. The Morgan fingerprint density at radius 1 is 1.55 bits per heavy atom. The lowest BCUT2D eigenvalue weighted by atomic mass is 10.2. The Morgan fingerprint density at radius 3 is 3.25 bits per heavy atom. The molecule has 2 aromatic heterocycles. The van der Waals surface area contributed by atoms with E-state index in [4.69, 9.17) is 0 Å². The highest BCUT2D eigenvalue weighted by atomic mass is 16.2. The number of nitrogens with zero attached hydrogens (tertiary/aromatic N) is 2. The Kier molecular flexibility index (Phi) is 3.69. The Bertz CT molecular complexity index is 607. The van der Waals surface area contributed by atoms with Gasteiger partial charge in [0.05, 0.1) is 0 Å². The largest absolute Gasteiger partial charge is 0.346 e. The first-order valence-electron chi connectivity index (χ1n) is 7.16. The Hall–Kier alpha value is -1.88. The number of fused-ring (bicyclic) bond motifs is 1. The summed E-state index contributed by atoms with van der Waals surface area (Å²) in [5, 5.41) is 4.64. The summed E-state index contributed by atoms with van der Waals surface area (Å²) in [4.78, 5) is 21.0. The van der Waals surface area contributed by atoms with E-state index < -0.39 is 0 Å². The lowest BCUT2D eigenvalue weighted by Crippen LogP contribution is -2.39. The minimum Gasteiger partial charge on any atom is -0.346 e. The van der Waals surface area contributed by atoms with Crippen molar-refractivity contribution in [2.45, 2.75) is 32.4 Å². The molecule has 5 heteroatoms. The first kappa shape index (κ1) is 13.1. The lowest BCUT2D eigenvalue weighted by Gasteiger charge is -2.21. The first-order valence-corrected chi connectivity index (χ1v) is 7.16. The lowest BCUT2D eigenvalue weighted by molar-refractivity contribution is -0.127. The Balaban J connectivity index is 1.57. The fourth-order valence-electron chi connectivity index (χ4n) is 2.74. The topological polar surface area (TPSA) is 61.0 Å². The minimum atomic E-state index is 0.287. The van der Waals surface area contributed by atoms with Crippen LogP contribution in [0.25, 0.3) is 11.0 Å². The number of carbonyl (C=O) groups excluding carboxylic acids is 1. The van der Waals surface area contributed by atoms with E-state index in [-0.39, 0.29) is 5.91 Å². The smallest absolute Gasteiger partial charge is 0.222 e. The molecular weight excluding hydrogens is 252 g/mol. The van der Waals surface area contributed by atoms with E-state index >= 15 is 0 Å². The first-order chi connectivity index (χ1) is 9.74. The third kappa shape index (κ3) is 2.67. The number of H-pyrrole nitrogens is 1. The maximum atomic E-state index is 11.6. The van der Waals surface area contributed by atoms with Crippen molar-refractivity contribution in [3.8, 4) is 0 Å². The van der Waals surface area contributed by atoms with Gasteiger partial charge in [-0.25, -0.2) is 4.98 Å². The zero-order valence-corrected chi connectivity index (χ0v) is 11.7. The van der Waals surface area contributed by atoms with Crippen LogP contribution >= 0.6 is 0 Å². The van der Waals surface area contributed by atoms with Gasteiger partial charge in [-0.3, -0.25) is 4.79 Å². The van der Waals surface area contributed by atoms with Crippen molar-refractivity contribution in [3.05, 3.63) is 30.1 Å². The van der Waals surface area contributed by atoms with Crippen molar-refractivity contribution in [2.24, 2.45) is 0 Å². The molecule has 20 heavy (non-hydrogen) atoms. The zero-order valence-electron chi connectivity index (χ0n) is 11.7. The summed E-state index contributed by atoms with van der Waals surface area (Å²) in [6.45, 7) is 4.61. The maximum Gasteiger partial charge on any atom is 0.222 e. The summed E-state index contributed by atoms with van der Waals surface area (Å²) < 4.78 is 0. The quantitative estimate of drug-likeness (QED) is 0.870. The molecule has 0 radical (unpaired) electrons. The predicted octanol–water partition coefficient (Wildman–Crippen LogP) is 1.66. The van der Waals surface area contributed by atoms with Crippen LogP contribution in [-0.4, -0.2) is 39.9 Å². The molecule has 3 heterocycles. The molecule has 2 N–H and O–H groups in total. The molecule has 0 bridgehead atoms. The zero-order chi connectivity index (χ0) is 13.9. The summed E-state index contributed by atoms with van der Waals surface area (Å²) in [7, 11) is 0. The molecule has 0 aromatic carbocycles. The fourth-order valence-corrected chi connectivity index (χ4v) is 2.74. The van der Waals surface area contributed by atoms with E-state index in [2.05, 4.69) is 28.3 Å². The van der Waals surface area contributed by atoms with E-state index in [0.29, 0.717) is 12.5 Å². The van der Waals surface area contributed by atoms with Crippen molar-refractivity contribution >= 4 is 16.9 Å². The highest BCUT2D eigenvalue weighted by molar-refractivity contribution is 5.79. The van der Waals surface area contributed by atoms with Crippen LogP contribution in [0.1, 0.15) is 25.3 Å². The SMILES string of the molecule is CC(CN1CCCC1=O)NCc1c[nH]c2ncccc12. The summed E-state index contributed by atoms with van der Waals surface area (Å²) >= 11 is 0. The molecule has 1 aliphatic rings. The molecule has 1 atom stereocenters. The number of aromatic amines is 1.